The van der Waals surface area contributed by atoms with Gasteiger partial charge in [-0.25, -0.2) is 43.9 Å². The van der Waals surface area contributed by atoms with Crippen molar-refractivity contribution in [3.8, 4) is 0 Å². The maximum atomic E-state index is 12.5. The number of ether oxygens (including phenoxy) is 1. The maximum Gasteiger partial charge on any atom is 0.304 e. The number of carbonyl (C=O) groups is 4. The van der Waals surface area contributed by atoms with E-state index in [0.717, 1.165) is 6.29 Å². The SMILES string of the molecule is COC=CC1CCC(F)(F)C1.O=C(O)CC1CC(F)(F)CN1.O=C(O)CC1CCC(F)(F)C1.O=CC1CCC(F)(F)C1.O=CCC1CCC(F)(F)C1. The van der Waals surface area contributed by atoms with Crippen molar-refractivity contribution < 1.29 is 78.0 Å². The number of nitrogens with one attached hydrogen (secondary N) is 1. The van der Waals surface area contributed by atoms with Crippen molar-refractivity contribution >= 4 is 24.5 Å². The molecule has 0 aromatic carbocycles. The molecular weight excluding hydrogens is 724 g/mol. The average molecular weight is 774 g/mol. The lowest BCUT2D eigenvalue weighted by atomic mass is 10.0. The number of halogens is 10. The van der Waals surface area contributed by atoms with E-state index < -0.39 is 54.1 Å². The van der Waals surface area contributed by atoms with Crippen LogP contribution in [0, 0.1) is 23.7 Å². The van der Waals surface area contributed by atoms with Gasteiger partial charge in [-0.1, -0.05) is 0 Å². The van der Waals surface area contributed by atoms with Crippen molar-refractivity contribution in [1.29, 1.82) is 0 Å². The van der Waals surface area contributed by atoms with Gasteiger partial charge in [0.15, 0.2) is 0 Å². The molecule has 18 heteroatoms. The van der Waals surface area contributed by atoms with Crippen LogP contribution >= 0.6 is 0 Å². The molecule has 4 aliphatic carbocycles. The van der Waals surface area contributed by atoms with Crippen LogP contribution in [0.2, 0.25) is 0 Å². The number of aldehydes is 2. The standard InChI is InChI=1S/C8H12F2O.C7H10F2O2.C7H10F2O.C6H9F2NO2.C6H8F2O/c1-11-5-3-7-2-4-8(9,10)6-7;8-7(9)2-1-5(4-7)3-6(10)11;8-7(9)3-1-6(5-7)2-4-10;7-6(8)2-4(9-3-6)1-5(10)11;7-6(8)2-1-5(3-6)4-9/h3,5,7H,2,4,6H2,1H3;5H,1-4H2,(H,10,11);4,6H,1-3,5H2;4,9H,1-3H2,(H,10,11);4-5H,1-3H2. The Balaban J connectivity index is 0.000000326. The van der Waals surface area contributed by atoms with Crippen LogP contribution in [0.25, 0.3) is 0 Å². The fourth-order valence-corrected chi connectivity index (χ4v) is 6.43. The Morgan fingerprint density at radius 1 is 0.654 bits per heavy atom. The quantitative estimate of drug-likeness (QED) is 0.121. The van der Waals surface area contributed by atoms with Gasteiger partial charge in [0.05, 0.1) is 26.3 Å². The van der Waals surface area contributed by atoms with Gasteiger partial charge in [-0.3, -0.25) is 9.59 Å². The number of methoxy groups -OCH3 is 1. The lowest BCUT2D eigenvalue weighted by molar-refractivity contribution is -0.139. The zero-order chi connectivity index (χ0) is 39.8. The van der Waals surface area contributed by atoms with Crippen molar-refractivity contribution in [2.45, 2.75) is 138 Å². The fraction of sp³-hybridized carbons (Fsp3) is 0.824. The Morgan fingerprint density at radius 3 is 1.44 bits per heavy atom. The van der Waals surface area contributed by atoms with Gasteiger partial charge < -0.3 is 29.9 Å². The summed E-state index contributed by atoms with van der Waals surface area (Å²) in [7, 11) is 1.52. The second-order valence-electron chi connectivity index (χ2n) is 14.1. The van der Waals surface area contributed by atoms with Gasteiger partial charge in [-0.05, 0) is 49.5 Å². The first-order valence-electron chi connectivity index (χ1n) is 17.1. The monoisotopic (exact) mass is 773 g/mol. The first-order valence-corrected chi connectivity index (χ1v) is 17.1. The summed E-state index contributed by atoms with van der Waals surface area (Å²) in [6.45, 7) is -0.398. The number of hydrogen-bond acceptors (Lipinski definition) is 6. The van der Waals surface area contributed by atoms with E-state index in [9.17, 15) is 63.1 Å². The third-order valence-corrected chi connectivity index (χ3v) is 9.08. The molecular formula is C34H49F10NO7. The summed E-state index contributed by atoms with van der Waals surface area (Å²) in [5, 5.41) is 19.0. The molecule has 1 heterocycles. The Kier molecular flexibility index (Phi) is 19.1. The van der Waals surface area contributed by atoms with Crippen LogP contribution in [0.1, 0.15) is 103 Å². The highest BCUT2D eigenvalue weighted by Crippen LogP contribution is 2.41. The first-order chi connectivity index (χ1) is 23.9. The van der Waals surface area contributed by atoms with Gasteiger partial charge in [0.1, 0.15) is 12.6 Å². The molecule has 5 rings (SSSR count). The van der Waals surface area contributed by atoms with E-state index in [1.807, 2.05) is 0 Å². The van der Waals surface area contributed by atoms with Crippen LogP contribution in [-0.2, 0) is 23.9 Å². The summed E-state index contributed by atoms with van der Waals surface area (Å²) in [4.78, 5) is 40.1. The van der Waals surface area contributed by atoms with E-state index in [1.165, 1.54) is 13.4 Å². The van der Waals surface area contributed by atoms with Crippen LogP contribution in [0.4, 0.5) is 43.9 Å². The lowest BCUT2D eigenvalue weighted by Crippen LogP contribution is -2.24. The molecule has 52 heavy (non-hydrogen) atoms. The second kappa shape index (κ2) is 21.1. The van der Waals surface area contributed by atoms with Crippen molar-refractivity contribution in [2.24, 2.45) is 23.7 Å². The van der Waals surface area contributed by atoms with Crippen LogP contribution < -0.4 is 5.32 Å². The molecule has 0 aromatic heterocycles. The Hall–Kier alpha value is -2.92. The molecule has 302 valence electrons. The molecule has 5 atom stereocenters. The molecule has 0 amide bonds. The van der Waals surface area contributed by atoms with Crippen LogP contribution in [0.5, 0.6) is 0 Å². The van der Waals surface area contributed by atoms with Gasteiger partial charge in [0.25, 0.3) is 5.92 Å². The van der Waals surface area contributed by atoms with Crippen molar-refractivity contribution in [2.75, 3.05) is 13.7 Å². The van der Waals surface area contributed by atoms with Crippen molar-refractivity contribution in [1.82, 2.24) is 5.32 Å². The molecule has 8 nitrogen and oxygen atoms in total. The molecule has 5 unspecified atom stereocenters. The van der Waals surface area contributed by atoms with Crippen molar-refractivity contribution in [3.63, 3.8) is 0 Å². The number of carbonyl (C=O) groups excluding carboxylic acids is 2. The van der Waals surface area contributed by atoms with Gasteiger partial charge in [0.2, 0.25) is 23.7 Å². The number of allylic oxidation sites excluding steroid dienone is 1. The van der Waals surface area contributed by atoms with E-state index in [2.05, 4.69) is 10.1 Å². The van der Waals surface area contributed by atoms with E-state index >= 15 is 0 Å². The maximum absolute atomic E-state index is 12.5. The highest BCUT2D eigenvalue weighted by atomic mass is 19.3. The van der Waals surface area contributed by atoms with Crippen LogP contribution in [-0.4, -0.2) is 84.0 Å². The minimum atomic E-state index is -2.72. The molecule has 0 radical (unpaired) electrons. The number of aliphatic carboxylic acids is 2. The van der Waals surface area contributed by atoms with Gasteiger partial charge in [0, 0.05) is 82.6 Å². The molecule has 5 fully saturated rings. The molecule has 0 spiro atoms. The smallest absolute Gasteiger partial charge is 0.304 e. The van der Waals surface area contributed by atoms with Gasteiger partial charge in [-0.2, -0.15) is 0 Å². The predicted molar refractivity (Wildman–Crippen MR) is 168 cm³/mol. The predicted octanol–water partition coefficient (Wildman–Crippen LogP) is 8.57. The zero-order valence-electron chi connectivity index (χ0n) is 28.9. The van der Waals surface area contributed by atoms with E-state index in [1.54, 1.807) is 6.08 Å². The largest absolute Gasteiger partial charge is 0.505 e. The first kappa shape index (κ1) is 47.1. The van der Waals surface area contributed by atoms with Crippen LogP contribution in [0.3, 0.4) is 0 Å². The molecule has 4 saturated carbocycles. The Bertz CT molecular complexity index is 1120. The Labute approximate surface area is 296 Å². The fourth-order valence-electron chi connectivity index (χ4n) is 6.43. The number of alkyl halides is 10. The summed E-state index contributed by atoms with van der Waals surface area (Å²) in [6, 6.07) is -0.567. The summed E-state index contributed by atoms with van der Waals surface area (Å²) < 4.78 is 129. The summed E-state index contributed by atoms with van der Waals surface area (Å²) in [6.07, 6.45) is 5.04. The molecule has 0 bridgehead atoms. The highest BCUT2D eigenvalue weighted by molar-refractivity contribution is 5.67. The van der Waals surface area contributed by atoms with Gasteiger partial charge >= 0.3 is 11.9 Å². The van der Waals surface area contributed by atoms with E-state index in [-0.39, 0.29) is 94.3 Å². The van der Waals surface area contributed by atoms with E-state index in [0.29, 0.717) is 38.4 Å². The minimum Gasteiger partial charge on any atom is -0.505 e. The third-order valence-electron chi connectivity index (χ3n) is 9.08. The summed E-state index contributed by atoms with van der Waals surface area (Å²) in [5.41, 5.74) is 0. The number of carboxylic acids is 2. The second-order valence-corrected chi connectivity index (χ2v) is 14.1. The van der Waals surface area contributed by atoms with Crippen molar-refractivity contribution in [3.05, 3.63) is 12.3 Å². The summed E-state index contributed by atoms with van der Waals surface area (Å²) in [5.74, 6) is -15.6. The van der Waals surface area contributed by atoms with E-state index in [4.69, 9.17) is 10.2 Å². The molecule has 5 aliphatic rings. The third kappa shape index (κ3) is 20.9. The topological polar surface area (TPSA) is 130 Å². The minimum absolute atomic E-state index is 0.00458. The summed E-state index contributed by atoms with van der Waals surface area (Å²) >= 11 is 0. The zero-order valence-corrected chi connectivity index (χ0v) is 28.9. The van der Waals surface area contributed by atoms with Gasteiger partial charge in [-0.15, -0.1) is 0 Å². The Morgan fingerprint density at radius 2 is 1.12 bits per heavy atom. The molecule has 1 aliphatic heterocycles. The molecule has 1 saturated heterocycles. The number of carboxylic acid groups (broad SMARTS) is 2. The average Bonchev–Trinajstić information content (AvgIpc) is 3.81. The molecule has 0 aromatic rings. The number of hydrogen-bond donors (Lipinski definition) is 3. The lowest BCUT2D eigenvalue weighted by Gasteiger charge is -2.07. The molecule has 3 N–H and O–H groups in total. The highest BCUT2D eigenvalue weighted by Gasteiger charge is 2.42. The number of rotatable bonds is 9. The normalized spacial score (nSPS) is 29.9. The van der Waals surface area contributed by atoms with Crippen LogP contribution in [0.15, 0.2) is 12.3 Å².